The van der Waals surface area contributed by atoms with Crippen LogP contribution in [0.25, 0.3) is 0 Å². The molecule has 1 aliphatic heterocycles. The minimum atomic E-state index is -0.481. The van der Waals surface area contributed by atoms with Crippen molar-refractivity contribution in [2.75, 3.05) is 19.6 Å². The van der Waals surface area contributed by atoms with E-state index in [0.29, 0.717) is 0 Å². The Bertz CT molecular complexity index is 328. The maximum absolute atomic E-state index is 10.6. The van der Waals surface area contributed by atoms with Crippen LogP contribution in [-0.4, -0.2) is 35.2 Å². The fraction of sp³-hybridized carbons (Fsp3) is 0.600. The lowest BCUT2D eigenvalue weighted by Crippen LogP contribution is -2.45. The van der Waals surface area contributed by atoms with Crippen molar-refractivity contribution in [1.82, 2.24) is 4.90 Å². The standard InChI is InChI=1S/C15H23NO/c1-2-10-16-11-8-15(17,9-12-16)13-14-6-4-3-5-7-14/h3-7,17H,2,8-13H2,1H3. The van der Waals surface area contributed by atoms with Gasteiger partial charge in [-0.25, -0.2) is 0 Å². The first-order valence-corrected chi connectivity index (χ1v) is 6.70. The summed E-state index contributed by atoms with van der Waals surface area (Å²) in [5, 5.41) is 10.6. The number of hydrogen-bond acceptors (Lipinski definition) is 2. The van der Waals surface area contributed by atoms with Crippen molar-refractivity contribution >= 4 is 0 Å². The molecule has 2 heteroatoms. The van der Waals surface area contributed by atoms with Gasteiger partial charge in [-0.15, -0.1) is 0 Å². The number of hydrogen-bond donors (Lipinski definition) is 1. The quantitative estimate of drug-likeness (QED) is 0.863. The summed E-state index contributed by atoms with van der Waals surface area (Å²) in [6.07, 6.45) is 3.81. The fourth-order valence-corrected chi connectivity index (χ4v) is 2.66. The Labute approximate surface area is 104 Å². The molecule has 1 N–H and O–H groups in total. The van der Waals surface area contributed by atoms with Crippen molar-refractivity contribution in [2.45, 2.75) is 38.2 Å². The molecule has 0 aromatic heterocycles. The molecule has 0 aliphatic carbocycles. The lowest BCUT2D eigenvalue weighted by atomic mass is 9.85. The van der Waals surface area contributed by atoms with E-state index in [4.69, 9.17) is 0 Å². The van der Waals surface area contributed by atoms with Crippen LogP contribution >= 0.6 is 0 Å². The summed E-state index contributed by atoms with van der Waals surface area (Å²) >= 11 is 0. The molecule has 1 aliphatic rings. The molecule has 1 aromatic rings. The lowest BCUT2D eigenvalue weighted by molar-refractivity contribution is -0.0205. The van der Waals surface area contributed by atoms with Crippen molar-refractivity contribution in [3.63, 3.8) is 0 Å². The molecular weight excluding hydrogens is 210 g/mol. The molecular formula is C15H23NO. The molecule has 1 fully saturated rings. The van der Waals surface area contributed by atoms with E-state index in [2.05, 4.69) is 24.0 Å². The van der Waals surface area contributed by atoms with Crippen molar-refractivity contribution < 1.29 is 5.11 Å². The van der Waals surface area contributed by atoms with Gasteiger partial charge in [-0.3, -0.25) is 0 Å². The third kappa shape index (κ3) is 3.55. The molecule has 2 rings (SSSR count). The third-order valence-corrected chi connectivity index (χ3v) is 3.70. The second-order valence-corrected chi connectivity index (χ2v) is 5.23. The second kappa shape index (κ2) is 5.65. The Morgan fingerprint density at radius 1 is 1.18 bits per heavy atom. The van der Waals surface area contributed by atoms with Crippen molar-refractivity contribution in [2.24, 2.45) is 0 Å². The van der Waals surface area contributed by atoms with E-state index in [9.17, 15) is 5.11 Å². The zero-order chi connectivity index (χ0) is 12.1. The van der Waals surface area contributed by atoms with Gasteiger partial charge < -0.3 is 10.0 Å². The SMILES string of the molecule is CCCN1CCC(O)(Cc2ccccc2)CC1. The highest BCUT2D eigenvalue weighted by atomic mass is 16.3. The first-order valence-electron chi connectivity index (χ1n) is 6.70. The highest BCUT2D eigenvalue weighted by Gasteiger charge is 2.31. The average Bonchev–Trinajstić information content (AvgIpc) is 2.34. The highest BCUT2D eigenvalue weighted by Crippen LogP contribution is 2.26. The fourth-order valence-electron chi connectivity index (χ4n) is 2.66. The van der Waals surface area contributed by atoms with Crippen molar-refractivity contribution in [1.29, 1.82) is 0 Å². The Morgan fingerprint density at radius 2 is 1.82 bits per heavy atom. The monoisotopic (exact) mass is 233 g/mol. The van der Waals surface area contributed by atoms with E-state index in [1.165, 1.54) is 18.5 Å². The van der Waals surface area contributed by atoms with Crippen LogP contribution in [0.3, 0.4) is 0 Å². The number of benzene rings is 1. The molecule has 0 radical (unpaired) electrons. The summed E-state index contributed by atoms with van der Waals surface area (Å²) in [4.78, 5) is 2.46. The first kappa shape index (κ1) is 12.6. The maximum atomic E-state index is 10.6. The maximum Gasteiger partial charge on any atom is 0.0712 e. The zero-order valence-electron chi connectivity index (χ0n) is 10.7. The predicted molar refractivity (Wildman–Crippen MR) is 71.1 cm³/mol. The van der Waals surface area contributed by atoms with Gasteiger partial charge in [0.05, 0.1) is 5.60 Å². The zero-order valence-corrected chi connectivity index (χ0v) is 10.7. The number of likely N-dealkylation sites (tertiary alicyclic amines) is 1. The van der Waals surface area contributed by atoms with E-state index in [-0.39, 0.29) is 0 Å². The number of nitrogens with zero attached hydrogens (tertiary/aromatic N) is 1. The summed E-state index contributed by atoms with van der Waals surface area (Å²) in [6.45, 7) is 5.46. The minimum Gasteiger partial charge on any atom is -0.389 e. The Balaban J connectivity index is 1.89. The number of piperidine rings is 1. The van der Waals surface area contributed by atoms with Crippen LogP contribution in [-0.2, 0) is 6.42 Å². The summed E-state index contributed by atoms with van der Waals surface area (Å²) in [5.74, 6) is 0. The summed E-state index contributed by atoms with van der Waals surface area (Å²) in [6, 6.07) is 10.3. The molecule has 0 unspecified atom stereocenters. The number of rotatable bonds is 4. The average molecular weight is 233 g/mol. The van der Waals surface area contributed by atoms with Gasteiger partial charge in [0.15, 0.2) is 0 Å². The topological polar surface area (TPSA) is 23.5 Å². The normalized spacial score (nSPS) is 20.4. The van der Waals surface area contributed by atoms with Crippen LogP contribution in [0.15, 0.2) is 30.3 Å². The highest BCUT2D eigenvalue weighted by molar-refractivity contribution is 5.17. The van der Waals surface area contributed by atoms with Crippen LogP contribution in [0.4, 0.5) is 0 Å². The summed E-state index contributed by atoms with van der Waals surface area (Å²) in [7, 11) is 0. The van der Waals surface area contributed by atoms with Crippen LogP contribution in [0.5, 0.6) is 0 Å². The predicted octanol–water partition coefficient (Wildman–Crippen LogP) is 2.47. The van der Waals surface area contributed by atoms with Crippen molar-refractivity contribution in [3.8, 4) is 0 Å². The molecule has 17 heavy (non-hydrogen) atoms. The van der Waals surface area contributed by atoms with E-state index in [0.717, 1.165) is 32.4 Å². The summed E-state index contributed by atoms with van der Waals surface area (Å²) < 4.78 is 0. The van der Waals surface area contributed by atoms with Gasteiger partial charge in [-0.2, -0.15) is 0 Å². The van der Waals surface area contributed by atoms with Gasteiger partial charge in [0, 0.05) is 19.5 Å². The van der Waals surface area contributed by atoms with Gasteiger partial charge in [0.2, 0.25) is 0 Å². The van der Waals surface area contributed by atoms with Gasteiger partial charge in [-0.05, 0) is 31.4 Å². The molecule has 1 saturated heterocycles. The molecule has 0 amide bonds. The first-order chi connectivity index (χ1) is 8.22. The lowest BCUT2D eigenvalue weighted by Gasteiger charge is -2.38. The second-order valence-electron chi connectivity index (χ2n) is 5.23. The van der Waals surface area contributed by atoms with Gasteiger partial charge in [0.25, 0.3) is 0 Å². The van der Waals surface area contributed by atoms with Gasteiger partial charge in [-0.1, -0.05) is 37.3 Å². The third-order valence-electron chi connectivity index (χ3n) is 3.70. The van der Waals surface area contributed by atoms with E-state index < -0.39 is 5.60 Å². The molecule has 94 valence electrons. The van der Waals surface area contributed by atoms with E-state index in [1.807, 2.05) is 18.2 Å². The molecule has 0 bridgehead atoms. The largest absolute Gasteiger partial charge is 0.389 e. The number of aliphatic hydroxyl groups is 1. The Morgan fingerprint density at radius 3 is 2.41 bits per heavy atom. The van der Waals surface area contributed by atoms with Crippen molar-refractivity contribution in [3.05, 3.63) is 35.9 Å². The minimum absolute atomic E-state index is 0.481. The Kier molecular flexibility index (Phi) is 4.19. The molecule has 0 saturated carbocycles. The van der Waals surface area contributed by atoms with Gasteiger partial charge in [0.1, 0.15) is 0 Å². The van der Waals surface area contributed by atoms with Gasteiger partial charge >= 0.3 is 0 Å². The smallest absolute Gasteiger partial charge is 0.0712 e. The molecule has 1 heterocycles. The summed E-state index contributed by atoms with van der Waals surface area (Å²) in [5.41, 5.74) is 0.768. The Hall–Kier alpha value is -0.860. The van der Waals surface area contributed by atoms with Crippen LogP contribution in [0.1, 0.15) is 31.7 Å². The van der Waals surface area contributed by atoms with E-state index >= 15 is 0 Å². The molecule has 1 aromatic carbocycles. The molecule has 0 atom stereocenters. The van der Waals surface area contributed by atoms with Crippen LogP contribution in [0, 0.1) is 0 Å². The molecule has 2 nitrogen and oxygen atoms in total. The van der Waals surface area contributed by atoms with Crippen LogP contribution < -0.4 is 0 Å². The molecule has 0 spiro atoms. The van der Waals surface area contributed by atoms with Crippen LogP contribution in [0.2, 0.25) is 0 Å². The van der Waals surface area contributed by atoms with E-state index in [1.54, 1.807) is 0 Å².